The summed E-state index contributed by atoms with van der Waals surface area (Å²) in [7, 11) is 1.30. The molecule has 0 unspecified atom stereocenters. The molecule has 0 spiro atoms. The fourth-order valence-corrected chi connectivity index (χ4v) is 2.85. The van der Waals surface area contributed by atoms with Crippen molar-refractivity contribution < 1.29 is 23.9 Å². The molecule has 8 heteroatoms. The predicted molar refractivity (Wildman–Crippen MR) is 101 cm³/mol. The maximum Gasteiger partial charge on any atom is 0.343 e. The van der Waals surface area contributed by atoms with Crippen LogP contribution in [0.1, 0.15) is 39.0 Å². The maximum absolute atomic E-state index is 12.0. The van der Waals surface area contributed by atoms with Crippen LogP contribution in [-0.2, 0) is 14.3 Å². The number of nitrogens with one attached hydrogen (secondary N) is 3. The van der Waals surface area contributed by atoms with Crippen LogP contribution >= 0.6 is 0 Å². The van der Waals surface area contributed by atoms with Crippen LogP contribution in [0.5, 0.6) is 5.75 Å². The van der Waals surface area contributed by atoms with E-state index in [4.69, 9.17) is 4.74 Å². The normalized spacial score (nSPS) is 18.4. The molecule has 8 nitrogen and oxygen atoms in total. The summed E-state index contributed by atoms with van der Waals surface area (Å²) < 4.78 is 9.75. The number of methoxy groups -OCH3 is 1. The highest BCUT2D eigenvalue weighted by Crippen LogP contribution is 2.17. The molecule has 0 bridgehead atoms. The lowest BCUT2D eigenvalue weighted by molar-refractivity contribution is -0.142. The van der Waals surface area contributed by atoms with Crippen LogP contribution in [0.2, 0.25) is 0 Å². The van der Waals surface area contributed by atoms with Gasteiger partial charge in [-0.1, -0.05) is 12.8 Å². The average Bonchev–Trinajstić information content (AvgIpc) is 2.97. The van der Waals surface area contributed by atoms with Crippen LogP contribution in [0.15, 0.2) is 24.3 Å². The number of ether oxygens (including phenoxy) is 2. The number of anilines is 1. The highest BCUT2D eigenvalue weighted by Gasteiger charge is 2.26. The largest absolute Gasteiger partial charge is 0.482 e. The van der Waals surface area contributed by atoms with Gasteiger partial charge in [-0.2, -0.15) is 0 Å². The standard InChI is InChI=1S/C19H27N3O5/c1-13-16(22-19(25)20-13)6-4-3-5-7-17(23)21-14-8-10-15(11-9-14)27-12-18(24)26-2/h8-11,13,16H,3-7,12H2,1-2H3,(H,21,23)(H2,20,22,25)/t13-,16-/m1/s1. The van der Waals surface area contributed by atoms with E-state index in [2.05, 4.69) is 20.7 Å². The number of urea groups is 1. The van der Waals surface area contributed by atoms with Crippen molar-refractivity contribution in [2.45, 2.75) is 51.1 Å². The SMILES string of the molecule is COC(=O)COc1ccc(NC(=O)CCCCC[C@H]2NC(=O)N[C@@H]2C)cc1. The minimum atomic E-state index is -0.451. The molecule has 0 saturated carbocycles. The van der Waals surface area contributed by atoms with Gasteiger partial charge >= 0.3 is 12.0 Å². The molecule has 2 atom stereocenters. The molecule has 3 N–H and O–H groups in total. The van der Waals surface area contributed by atoms with Crippen molar-refractivity contribution in [3.8, 4) is 5.75 Å². The summed E-state index contributed by atoms with van der Waals surface area (Å²) in [5, 5.41) is 8.56. The summed E-state index contributed by atoms with van der Waals surface area (Å²) >= 11 is 0. The van der Waals surface area contributed by atoms with Gasteiger partial charge in [-0.15, -0.1) is 0 Å². The minimum Gasteiger partial charge on any atom is -0.482 e. The Kier molecular flexibility index (Phi) is 7.91. The van der Waals surface area contributed by atoms with Crippen molar-refractivity contribution in [2.75, 3.05) is 19.0 Å². The fourth-order valence-electron chi connectivity index (χ4n) is 2.85. The molecular weight excluding hydrogens is 350 g/mol. The molecule has 1 aliphatic heterocycles. The van der Waals surface area contributed by atoms with Crippen LogP contribution in [0.3, 0.4) is 0 Å². The number of hydrogen-bond donors (Lipinski definition) is 3. The van der Waals surface area contributed by atoms with Crippen molar-refractivity contribution in [3.63, 3.8) is 0 Å². The number of hydrogen-bond acceptors (Lipinski definition) is 5. The highest BCUT2D eigenvalue weighted by atomic mass is 16.6. The van der Waals surface area contributed by atoms with Gasteiger partial charge in [0.05, 0.1) is 13.2 Å². The number of rotatable bonds is 10. The molecule has 3 amide bonds. The molecule has 1 aliphatic rings. The Balaban J connectivity index is 1.60. The predicted octanol–water partition coefficient (Wildman–Crippen LogP) is 2.20. The molecular formula is C19H27N3O5. The van der Waals surface area contributed by atoms with E-state index in [0.717, 1.165) is 25.7 Å². The molecule has 1 saturated heterocycles. The summed E-state index contributed by atoms with van der Waals surface area (Å²) in [5.41, 5.74) is 0.680. The van der Waals surface area contributed by atoms with E-state index in [9.17, 15) is 14.4 Å². The second-order valence-corrected chi connectivity index (χ2v) is 6.55. The molecule has 0 aromatic heterocycles. The quantitative estimate of drug-likeness (QED) is 0.428. The number of unbranched alkanes of at least 4 members (excludes halogenated alkanes) is 2. The first-order chi connectivity index (χ1) is 13.0. The molecule has 148 valence electrons. The summed E-state index contributed by atoms with van der Waals surface area (Å²) in [6, 6.07) is 7.04. The zero-order chi connectivity index (χ0) is 19.6. The van der Waals surface area contributed by atoms with E-state index < -0.39 is 5.97 Å². The van der Waals surface area contributed by atoms with E-state index in [1.165, 1.54) is 7.11 Å². The first-order valence-corrected chi connectivity index (χ1v) is 9.14. The Labute approximate surface area is 159 Å². The second kappa shape index (κ2) is 10.4. The first kappa shape index (κ1) is 20.5. The fraction of sp³-hybridized carbons (Fsp3) is 0.526. The molecule has 1 aromatic carbocycles. The van der Waals surface area contributed by atoms with Crippen LogP contribution in [0, 0.1) is 0 Å². The van der Waals surface area contributed by atoms with E-state index >= 15 is 0 Å². The van der Waals surface area contributed by atoms with Gasteiger partial charge in [0.1, 0.15) is 5.75 Å². The van der Waals surface area contributed by atoms with Gasteiger partial charge in [0.15, 0.2) is 6.61 Å². The minimum absolute atomic E-state index is 0.0394. The maximum atomic E-state index is 12.0. The zero-order valence-corrected chi connectivity index (χ0v) is 15.7. The van der Waals surface area contributed by atoms with Gasteiger partial charge in [0, 0.05) is 18.2 Å². The van der Waals surface area contributed by atoms with Crippen molar-refractivity contribution in [3.05, 3.63) is 24.3 Å². The Bertz CT molecular complexity index is 647. The van der Waals surface area contributed by atoms with E-state index in [1.807, 2.05) is 6.92 Å². The van der Waals surface area contributed by atoms with Gasteiger partial charge in [-0.25, -0.2) is 9.59 Å². The van der Waals surface area contributed by atoms with Gasteiger partial charge in [0.25, 0.3) is 0 Å². The second-order valence-electron chi connectivity index (χ2n) is 6.55. The number of carbonyl (C=O) groups excluding carboxylic acids is 3. The lowest BCUT2D eigenvalue weighted by Gasteiger charge is -2.13. The van der Waals surface area contributed by atoms with Crippen LogP contribution < -0.4 is 20.7 Å². The van der Waals surface area contributed by atoms with Crippen LogP contribution in [0.4, 0.5) is 10.5 Å². The van der Waals surface area contributed by atoms with E-state index in [-0.39, 0.29) is 30.6 Å². The highest BCUT2D eigenvalue weighted by molar-refractivity contribution is 5.90. The topological polar surface area (TPSA) is 106 Å². The van der Waals surface area contributed by atoms with Crippen LogP contribution in [-0.4, -0.2) is 43.7 Å². The number of esters is 1. The van der Waals surface area contributed by atoms with E-state index in [1.54, 1.807) is 24.3 Å². The third kappa shape index (κ3) is 7.16. The van der Waals surface area contributed by atoms with Crippen molar-refractivity contribution in [1.82, 2.24) is 10.6 Å². The third-order valence-electron chi connectivity index (χ3n) is 4.42. The molecule has 27 heavy (non-hydrogen) atoms. The average molecular weight is 377 g/mol. The third-order valence-corrected chi connectivity index (χ3v) is 4.42. The molecule has 2 rings (SSSR count). The lowest BCUT2D eigenvalue weighted by atomic mass is 10.0. The Morgan fingerprint density at radius 2 is 1.85 bits per heavy atom. The Hall–Kier alpha value is -2.77. The molecule has 0 aliphatic carbocycles. The lowest BCUT2D eigenvalue weighted by Crippen LogP contribution is -2.30. The first-order valence-electron chi connectivity index (χ1n) is 9.14. The van der Waals surface area contributed by atoms with Crippen molar-refractivity contribution >= 4 is 23.6 Å². The van der Waals surface area contributed by atoms with Gasteiger partial charge < -0.3 is 25.4 Å². The van der Waals surface area contributed by atoms with Crippen molar-refractivity contribution in [1.29, 1.82) is 0 Å². The van der Waals surface area contributed by atoms with Gasteiger partial charge in [-0.3, -0.25) is 4.79 Å². The monoisotopic (exact) mass is 377 g/mol. The van der Waals surface area contributed by atoms with Crippen LogP contribution in [0.25, 0.3) is 0 Å². The van der Waals surface area contributed by atoms with Crippen molar-refractivity contribution in [2.24, 2.45) is 0 Å². The molecule has 1 aromatic rings. The summed E-state index contributed by atoms with van der Waals surface area (Å²) in [6.07, 6.45) is 4.07. The number of benzene rings is 1. The van der Waals surface area contributed by atoms with Gasteiger partial charge in [0.2, 0.25) is 5.91 Å². The van der Waals surface area contributed by atoms with E-state index in [0.29, 0.717) is 17.9 Å². The number of amides is 3. The Morgan fingerprint density at radius 3 is 2.48 bits per heavy atom. The Morgan fingerprint density at radius 1 is 1.11 bits per heavy atom. The summed E-state index contributed by atoms with van der Waals surface area (Å²) in [6.45, 7) is 1.84. The molecule has 0 radical (unpaired) electrons. The zero-order valence-electron chi connectivity index (χ0n) is 15.7. The molecule has 1 heterocycles. The molecule has 1 fully saturated rings. The van der Waals surface area contributed by atoms with Gasteiger partial charge in [-0.05, 0) is 44.0 Å². The summed E-state index contributed by atoms with van der Waals surface area (Å²) in [4.78, 5) is 34.2. The number of carbonyl (C=O) groups is 3. The smallest absolute Gasteiger partial charge is 0.343 e. The summed E-state index contributed by atoms with van der Waals surface area (Å²) in [5.74, 6) is 0.0389.